The summed E-state index contributed by atoms with van der Waals surface area (Å²) < 4.78 is 5.37. The van der Waals surface area contributed by atoms with Crippen LogP contribution in [0.3, 0.4) is 0 Å². The van der Waals surface area contributed by atoms with Gasteiger partial charge in [-0.2, -0.15) is 0 Å². The van der Waals surface area contributed by atoms with Gasteiger partial charge in [-0.15, -0.1) is 10.2 Å². The largest absolute Gasteiger partial charge is 0.474 e. The van der Waals surface area contributed by atoms with Gasteiger partial charge < -0.3 is 10.1 Å². The summed E-state index contributed by atoms with van der Waals surface area (Å²) in [7, 11) is 0. The Morgan fingerprint density at radius 2 is 1.84 bits per heavy atom. The fourth-order valence-corrected chi connectivity index (χ4v) is 1.22. The molecule has 0 saturated carbocycles. The molecule has 1 atom stereocenters. The van der Waals surface area contributed by atoms with E-state index in [4.69, 9.17) is 4.74 Å². The van der Waals surface area contributed by atoms with Crippen molar-refractivity contribution in [3.05, 3.63) is 12.1 Å². The normalized spacial score (nSPS) is 12.4. The van der Waals surface area contributed by atoms with Crippen LogP contribution in [-0.2, 0) is 0 Å². The predicted molar refractivity (Wildman–Crippen MR) is 74.3 cm³/mol. The van der Waals surface area contributed by atoms with E-state index < -0.39 is 0 Å². The lowest BCUT2D eigenvalue weighted by atomic mass is 10.1. The Hall–Kier alpha value is -1.85. The Balaban J connectivity index is 2.51. The smallest absolute Gasteiger partial charge is 0.320 e. The average molecular weight is 266 g/mol. The van der Waals surface area contributed by atoms with E-state index in [0.717, 1.165) is 0 Å². The van der Waals surface area contributed by atoms with E-state index in [1.54, 1.807) is 12.1 Å². The summed E-state index contributed by atoms with van der Waals surface area (Å²) in [5.41, 5.74) is 0. The minimum absolute atomic E-state index is 0.0447. The van der Waals surface area contributed by atoms with Crippen LogP contribution in [0.2, 0.25) is 0 Å². The third kappa shape index (κ3) is 5.54. The summed E-state index contributed by atoms with van der Waals surface area (Å²) in [6, 6.07) is 3.14. The quantitative estimate of drug-likeness (QED) is 0.858. The lowest BCUT2D eigenvalue weighted by Crippen LogP contribution is -2.39. The number of nitrogens with one attached hydrogen (secondary N) is 2. The maximum absolute atomic E-state index is 11.7. The van der Waals surface area contributed by atoms with Gasteiger partial charge in [0, 0.05) is 12.1 Å². The molecular formula is C13H22N4O2. The Morgan fingerprint density at radius 1 is 1.16 bits per heavy atom. The molecule has 19 heavy (non-hydrogen) atoms. The molecular weight excluding hydrogens is 244 g/mol. The van der Waals surface area contributed by atoms with E-state index in [0.29, 0.717) is 17.6 Å². The zero-order valence-electron chi connectivity index (χ0n) is 12.1. The van der Waals surface area contributed by atoms with Gasteiger partial charge in [0.15, 0.2) is 5.82 Å². The van der Waals surface area contributed by atoms with Crippen molar-refractivity contribution in [2.75, 3.05) is 5.32 Å². The highest BCUT2D eigenvalue weighted by atomic mass is 16.5. The first-order valence-corrected chi connectivity index (χ1v) is 6.46. The third-order valence-electron chi connectivity index (χ3n) is 2.60. The second-order valence-electron chi connectivity index (χ2n) is 5.05. The van der Waals surface area contributed by atoms with Crippen LogP contribution >= 0.6 is 0 Å². The first-order chi connectivity index (χ1) is 8.88. The van der Waals surface area contributed by atoms with Crippen LogP contribution in [0.5, 0.6) is 5.88 Å². The van der Waals surface area contributed by atoms with Gasteiger partial charge in [0.05, 0.1) is 6.10 Å². The fraction of sp³-hybridized carbons (Fsp3) is 0.615. The number of aromatic nitrogens is 2. The highest BCUT2D eigenvalue weighted by molar-refractivity contribution is 5.88. The van der Waals surface area contributed by atoms with Crippen molar-refractivity contribution in [3.8, 4) is 5.88 Å². The van der Waals surface area contributed by atoms with E-state index in [-0.39, 0.29) is 18.2 Å². The number of amides is 2. The maximum Gasteiger partial charge on any atom is 0.320 e. The SMILES string of the molecule is CC(C)Oc1ccc(NC(=O)N[C@H](C)C(C)C)nn1. The van der Waals surface area contributed by atoms with Crippen LogP contribution in [0.1, 0.15) is 34.6 Å². The van der Waals surface area contributed by atoms with Crippen LogP contribution in [0.25, 0.3) is 0 Å². The van der Waals surface area contributed by atoms with Crippen molar-refractivity contribution >= 4 is 11.8 Å². The Bertz CT molecular complexity index is 404. The molecule has 0 saturated heterocycles. The molecule has 0 spiro atoms. The molecule has 1 aromatic rings. The number of carbonyl (C=O) groups is 1. The van der Waals surface area contributed by atoms with Crippen LogP contribution in [-0.4, -0.2) is 28.4 Å². The van der Waals surface area contributed by atoms with Gasteiger partial charge in [-0.1, -0.05) is 13.8 Å². The molecule has 1 rings (SSSR count). The molecule has 0 radical (unpaired) electrons. The van der Waals surface area contributed by atoms with Gasteiger partial charge in [0.2, 0.25) is 5.88 Å². The van der Waals surface area contributed by atoms with Crippen molar-refractivity contribution in [2.24, 2.45) is 5.92 Å². The molecule has 1 heterocycles. The van der Waals surface area contributed by atoms with Gasteiger partial charge in [0.1, 0.15) is 0 Å². The van der Waals surface area contributed by atoms with Crippen LogP contribution in [0.15, 0.2) is 12.1 Å². The number of ether oxygens (including phenoxy) is 1. The molecule has 0 aliphatic rings. The number of urea groups is 1. The Kier molecular flexibility index (Phi) is 5.54. The zero-order chi connectivity index (χ0) is 14.4. The molecule has 0 bridgehead atoms. The average Bonchev–Trinajstić information content (AvgIpc) is 2.30. The second kappa shape index (κ2) is 6.92. The molecule has 2 N–H and O–H groups in total. The van der Waals surface area contributed by atoms with Crippen molar-refractivity contribution in [3.63, 3.8) is 0 Å². The highest BCUT2D eigenvalue weighted by Crippen LogP contribution is 2.10. The Morgan fingerprint density at radius 3 is 2.32 bits per heavy atom. The van der Waals surface area contributed by atoms with Crippen molar-refractivity contribution in [2.45, 2.75) is 46.8 Å². The number of hydrogen-bond acceptors (Lipinski definition) is 4. The summed E-state index contributed by atoms with van der Waals surface area (Å²) in [5, 5.41) is 13.2. The molecule has 1 aromatic heterocycles. The van der Waals surface area contributed by atoms with Gasteiger partial charge >= 0.3 is 6.03 Å². The number of nitrogens with zero attached hydrogens (tertiary/aromatic N) is 2. The molecule has 6 heteroatoms. The van der Waals surface area contributed by atoms with Crippen molar-refractivity contribution in [1.29, 1.82) is 0 Å². The topological polar surface area (TPSA) is 76.1 Å². The predicted octanol–water partition coefficient (Wildman–Crippen LogP) is 2.43. The summed E-state index contributed by atoms with van der Waals surface area (Å²) in [6.07, 6.45) is 0.0447. The minimum atomic E-state index is -0.284. The summed E-state index contributed by atoms with van der Waals surface area (Å²) in [6.45, 7) is 9.87. The lowest BCUT2D eigenvalue weighted by Gasteiger charge is -2.17. The molecule has 6 nitrogen and oxygen atoms in total. The summed E-state index contributed by atoms with van der Waals surface area (Å²) in [5.74, 6) is 1.21. The third-order valence-corrected chi connectivity index (χ3v) is 2.60. The molecule has 106 valence electrons. The molecule has 2 amide bonds. The summed E-state index contributed by atoms with van der Waals surface area (Å²) >= 11 is 0. The van der Waals surface area contributed by atoms with Gasteiger partial charge in [-0.3, -0.25) is 5.32 Å². The lowest BCUT2D eigenvalue weighted by molar-refractivity contribution is 0.230. The monoisotopic (exact) mass is 266 g/mol. The van der Waals surface area contributed by atoms with Crippen molar-refractivity contribution in [1.82, 2.24) is 15.5 Å². The van der Waals surface area contributed by atoms with Crippen LogP contribution in [0.4, 0.5) is 10.6 Å². The van der Waals surface area contributed by atoms with Crippen LogP contribution in [0, 0.1) is 5.92 Å². The first-order valence-electron chi connectivity index (χ1n) is 6.46. The van der Waals surface area contributed by atoms with E-state index in [1.807, 2.05) is 34.6 Å². The van der Waals surface area contributed by atoms with Gasteiger partial charge in [0.25, 0.3) is 0 Å². The number of anilines is 1. The molecule has 0 aromatic carbocycles. The standard InChI is InChI=1S/C13H22N4O2/c1-8(2)10(5)14-13(18)15-11-6-7-12(17-16-11)19-9(3)4/h6-10H,1-5H3,(H2,14,15,16,18)/t10-/m1/s1. The van der Waals surface area contributed by atoms with Gasteiger partial charge in [-0.05, 0) is 32.8 Å². The summed E-state index contributed by atoms with van der Waals surface area (Å²) in [4.78, 5) is 11.7. The van der Waals surface area contributed by atoms with E-state index in [1.165, 1.54) is 0 Å². The second-order valence-corrected chi connectivity index (χ2v) is 5.05. The molecule has 0 aliphatic heterocycles. The first kappa shape index (κ1) is 15.2. The van der Waals surface area contributed by atoms with E-state index >= 15 is 0 Å². The number of hydrogen-bond donors (Lipinski definition) is 2. The maximum atomic E-state index is 11.7. The van der Waals surface area contributed by atoms with Gasteiger partial charge in [-0.25, -0.2) is 4.79 Å². The molecule has 0 aliphatic carbocycles. The zero-order valence-corrected chi connectivity index (χ0v) is 12.1. The highest BCUT2D eigenvalue weighted by Gasteiger charge is 2.11. The Labute approximate surface area is 113 Å². The van der Waals surface area contributed by atoms with Crippen LogP contribution < -0.4 is 15.4 Å². The van der Waals surface area contributed by atoms with E-state index in [2.05, 4.69) is 20.8 Å². The molecule has 0 fully saturated rings. The number of carbonyl (C=O) groups excluding carboxylic acids is 1. The minimum Gasteiger partial charge on any atom is -0.474 e. The molecule has 0 unspecified atom stereocenters. The van der Waals surface area contributed by atoms with Crippen molar-refractivity contribution < 1.29 is 9.53 Å². The fourth-order valence-electron chi connectivity index (χ4n) is 1.22. The number of rotatable bonds is 5. The van der Waals surface area contributed by atoms with E-state index in [9.17, 15) is 4.79 Å².